The molecule has 4 rings (SSSR count). The van der Waals surface area contributed by atoms with Crippen LogP contribution in [-0.2, 0) is 52.3 Å². The van der Waals surface area contributed by atoms with Gasteiger partial charge in [-0.2, -0.15) is 18.9 Å². The van der Waals surface area contributed by atoms with Gasteiger partial charge in [-0.25, -0.2) is 13.4 Å². The van der Waals surface area contributed by atoms with Crippen molar-refractivity contribution in [1.82, 2.24) is 19.2 Å². The zero-order chi connectivity index (χ0) is 35.8. The molecule has 0 spiro atoms. The fraction of sp³-hybridized carbons (Fsp3) is 0.429. The van der Waals surface area contributed by atoms with Crippen LogP contribution in [0, 0.1) is 11.3 Å². The van der Waals surface area contributed by atoms with E-state index in [0.29, 0.717) is 29.5 Å². The lowest BCUT2D eigenvalue weighted by atomic mass is 9.74. The zero-order valence-corrected chi connectivity index (χ0v) is 28.1. The first-order chi connectivity index (χ1) is 22.5. The summed E-state index contributed by atoms with van der Waals surface area (Å²) in [6, 6.07) is 7.35. The molecule has 3 heterocycles. The van der Waals surface area contributed by atoms with Crippen LogP contribution in [0.4, 0.5) is 5.13 Å². The Morgan fingerprint density at radius 2 is 1.92 bits per heavy atom. The Labute approximate surface area is 279 Å². The van der Waals surface area contributed by atoms with Gasteiger partial charge in [-0.3, -0.25) is 15.0 Å². The topological polar surface area (TPSA) is 267 Å². The van der Waals surface area contributed by atoms with E-state index < -0.39 is 39.7 Å². The molecule has 1 aliphatic rings. The molecule has 0 saturated carbocycles. The summed E-state index contributed by atoms with van der Waals surface area (Å²) in [5.41, 5.74) is 12.2. The number of ketones is 1. The molecule has 2 aromatic heterocycles. The predicted molar refractivity (Wildman–Crippen MR) is 167 cm³/mol. The molecule has 0 unspecified atom stereocenters. The highest BCUT2D eigenvalue weighted by atomic mass is 32.3. The summed E-state index contributed by atoms with van der Waals surface area (Å²) in [6.07, 6.45) is 1.95. The van der Waals surface area contributed by atoms with E-state index in [1.165, 1.54) is 19.2 Å². The number of aryl methyl sites for hydroxylation is 1. The average Bonchev–Trinajstić information content (AvgIpc) is 3.58. The average molecular weight is 708 g/mol. The van der Waals surface area contributed by atoms with Gasteiger partial charge in [0.1, 0.15) is 18.1 Å². The maximum absolute atomic E-state index is 13.3. The number of ether oxygens (including phenoxy) is 1. The van der Waals surface area contributed by atoms with E-state index in [4.69, 9.17) is 36.0 Å². The maximum Gasteiger partial charge on any atom is 0.373 e. The number of Topliss-reactive ketones (excluding diaryl/α,β-unsaturated/α-hetero) is 1. The largest absolute Gasteiger partial charge is 0.724 e. The minimum Gasteiger partial charge on any atom is -0.724 e. The standard InChI is InChI=1S/C27H36N8O8S2.CO2/c1-16(14-41-18-8-6-17(7-9-18)21-13-34(11-5-10-28)26(30)33(21)4)42-32-23(20-15-44-25(29)31-20)22(36)12-19-24(37)35(27(19,2)3)43-45(38,39)40;2-1-3/h6-9,13,15-16,19,30H,5,10-12,14,28H2,1-4H3,(H2,29,31)(H,38,39,40);/p-1/b30-26?,32-23-;/t16-,19+;/m0./s1. The lowest BCUT2D eigenvalue weighted by Crippen LogP contribution is -2.68. The number of hydrogen-bond acceptors (Lipinski definition) is 16. The lowest BCUT2D eigenvalue weighted by Gasteiger charge is -2.51. The van der Waals surface area contributed by atoms with E-state index in [1.54, 1.807) is 23.6 Å². The Hall–Kier alpha value is -4.72. The number of thiazole rings is 1. The summed E-state index contributed by atoms with van der Waals surface area (Å²) >= 11 is 1.08. The summed E-state index contributed by atoms with van der Waals surface area (Å²) in [7, 11) is -3.35. The molecule has 260 valence electrons. The van der Waals surface area contributed by atoms with Crippen LogP contribution in [0.15, 0.2) is 41.0 Å². The molecule has 3 aromatic rings. The molecular weight excluding hydrogens is 672 g/mol. The number of nitrogens with two attached hydrogens (primary N) is 2. The molecule has 1 amide bonds. The molecule has 1 saturated heterocycles. The van der Waals surface area contributed by atoms with Crippen molar-refractivity contribution in [2.45, 2.75) is 51.8 Å². The first kappa shape index (κ1) is 37.7. The number of benzene rings is 1. The molecular formula is C28H35N8O10S2-. The van der Waals surface area contributed by atoms with Gasteiger partial charge >= 0.3 is 6.15 Å². The Morgan fingerprint density at radius 1 is 1.27 bits per heavy atom. The molecule has 0 aliphatic carbocycles. The van der Waals surface area contributed by atoms with E-state index in [-0.39, 0.29) is 35.7 Å². The van der Waals surface area contributed by atoms with Gasteiger partial charge in [0.05, 0.1) is 17.2 Å². The van der Waals surface area contributed by atoms with Crippen LogP contribution in [0.5, 0.6) is 5.75 Å². The van der Waals surface area contributed by atoms with Gasteiger partial charge < -0.3 is 34.7 Å². The van der Waals surface area contributed by atoms with E-state index in [2.05, 4.69) is 14.4 Å². The molecule has 5 N–H and O–H groups in total. The molecule has 1 fully saturated rings. The molecule has 2 atom stereocenters. The smallest absolute Gasteiger partial charge is 0.373 e. The number of hydrogen-bond donors (Lipinski definition) is 3. The summed E-state index contributed by atoms with van der Waals surface area (Å²) in [5, 5.41) is 14.5. The third-order valence-corrected chi connectivity index (χ3v) is 8.26. The molecule has 0 bridgehead atoms. The number of carbonyl (C=O) groups excluding carboxylic acids is 4. The van der Waals surface area contributed by atoms with Gasteiger partial charge in [0.25, 0.3) is 5.91 Å². The van der Waals surface area contributed by atoms with Gasteiger partial charge in [0, 0.05) is 31.6 Å². The number of nitrogens with one attached hydrogen (secondary N) is 1. The van der Waals surface area contributed by atoms with Crippen molar-refractivity contribution in [3.8, 4) is 17.0 Å². The van der Waals surface area contributed by atoms with E-state index in [1.807, 2.05) is 29.9 Å². The summed E-state index contributed by atoms with van der Waals surface area (Å²) < 4.78 is 46.7. The highest BCUT2D eigenvalue weighted by Crippen LogP contribution is 2.40. The Morgan fingerprint density at radius 3 is 2.46 bits per heavy atom. The minimum absolute atomic E-state index is 0.0771. The second-order valence-electron chi connectivity index (χ2n) is 11.0. The number of rotatable bonds is 15. The number of hydroxylamine groups is 2. The highest BCUT2D eigenvalue weighted by Gasteiger charge is 2.57. The number of oxime groups is 1. The molecule has 18 nitrogen and oxygen atoms in total. The third-order valence-electron chi connectivity index (χ3n) is 7.25. The quantitative estimate of drug-likeness (QED) is 0.0641. The number of nitrogen functional groups attached to an aromatic ring is 1. The Bertz CT molecular complexity index is 1840. The molecule has 1 aliphatic heterocycles. The van der Waals surface area contributed by atoms with Crippen LogP contribution < -0.4 is 21.8 Å². The predicted octanol–water partition coefficient (Wildman–Crippen LogP) is 0.553. The second kappa shape index (κ2) is 15.9. The van der Waals surface area contributed by atoms with Gasteiger partial charge in [0.15, 0.2) is 22.7 Å². The van der Waals surface area contributed by atoms with Gasteiger partial charge in [0.2, 0.25) is 16.0 Å². The van der Waals surface area contributed by atoms with E-state index >= 15 is 0 Å². The lowest BCUT2D eigenvalue weighted by molar-refractivity contribution is -0.228. The van der Waals surface area contributed by atoms with Gasteiger partial charge in [-0.15, -0.1) is 11.3 Å². The van der Waals surface area contributed by atoms with Crippen molar-refractivity contribution in [2.75, 3.05) is 18.9 Å². The van der Waals surface area contributed by atoms with Crippen molar-refractivity contribution < 1.29 is 46.0 Å². The van der Waals surface area contributed by atoms with Crippen molar-refractivity contribution in [3.05, 3.63) is 47.2 Å². The highest BCUT2D eigenvalue weighted by molar-refractivity contribution is 7.80. The van der Waals surface area contributed by atoms with Crippen molar-refractivity contribution in [2.24, 2.45) is 23.9 Å². The van der Waals surface area contributed by atoms with E-state index in [0.717, 1.165) is 29.0 Å². The minimum atomic E-state index is -5.18. The number of imidazole rings is 1. The normalized spacial score (nSPS) is 16.3. The Balaban J connectivity index is 0.00000201. The van der Waals surface area contributed by atoms with Crippen molar-refractivity contribution in [3.63, 3.8) is 0 Å². The molecule has 48 heavy (non-hydrogen) atoms. The first-order valence-corrected chi connectivity index (χ1v) is 16.5. The van der Waals surface area contributed by atoms with E-state index in [9.17, 15) is 22.6 Å². The van der Waals surface area contributed by atoms with Gasteiger partial charge in [-0.1, -0.05) is 5.16 Å². The Kier molecular flexibility index (Phi) is 12.5. The summed E-state index contributed by atoms with van der Waals surface area (Å²) in [6.45, 7) is 5.89. The first-order valence-electron chi connectivity index (χ1n) is 14.2. The van der Waals surface area contributed by atoms with Crippen LogP contribution in [0.25, 0.3) is 11.3 Å². The number of β-lactam (4-membered cyclic amide) rings is 1. The van der Waals surface area contributed by atoms with Crippen molar-refractivity contribution >= 4 is 50.4 Å². The SMILES string of the molecule is C[C@@H](COc1ccc(-c2cn(CCCN)c(=N)n2C)cc1)O/N=C(\C(=O)C[C@@H]1C(=O)N(OS(=O)(=O)[O-])C1(C)C)c1csc(N)n1.O=C=O. The third kappa shape index (κ3) is 9.21. The summed E-state index contributed by atoms with van der Waals surface area (Å²) in [5.74, 6) is -1.87. The fourth-order valence-electron chi connectivity index (χ4n) is 4.69. The van der Waals surface area contributed by atoms with Crippen LogP contribution >= 0.6 is 11.3 Å². The molecule has 1 aromatic carbocycles. The van der Waals surface area contributed by atoms with Crippen LogP contribution in [-0.4, -0.2) is 80.5 Å². The number of anilines is 1. The monoisotopic (exact) mass is 707 g/mol. The number of carbonyl (C=O) groups is 2. The fourth-order valence-corrected chi connectivity index (χ4v) is 5.69. The molecule has 20 heteroatoms. The summed E-state index contributed by atoms with van der Waals surface area (Å²) in [4.78, 5) is 51.7. The number of amides is 1. The maximum atomic E-state index is 13.3. The second-order valence-corrected chi connectivity index (χ2v) is 12.9. The van der Waals surface area contributed by atoms with Crippen LogP contribution in [0.2, 0.25) is 0 Å². The van der Waals surface area contributed by atoms with Crippen molar-refractivity contribution in [1.29, 1.82) is 5.41 Å². The van der Waals surface area contributed by atoms with Crippen LogP contribution in [0.3, 0.4) is 0 Å². The van der Waals surface area contributed by atoms with Crippen LogP contribution in [0.1, 0.15) is 39.3 Å². The number of aromatic nitrogens is 3. The number of nitrogens with zero attached hydrogens (tertiary/aromatic N) is 5. The molecule has 0 radical (unpaired) electrons. The zero-order valence-electron chi connectivity index (χ0n) is 26.4. The van der Waals surface area contributed by atoms with Gasteiger partial charge in [-0.05, 0) is 63.6 Å².